The first kappa shape index (κ1) is 17.2. The zero-order valence-electron chi connectivity index (χ0n) is 13.1. The second kappa shape index (κ2) is 6.69. The molecule has 1 N–H and O–H groups in total. The second-order valence-corrected chi connectivity index (χ2v) is 6.88. The van der Waals surface area contributed by atoms with Crippen molar-refractivity contribution in [2.75, 3.05) is 13.9 Å². The molecule has 0 saturated carbocycles. The third-order valence-corrected chi connectivity index (χ3v) is 4.96. The lowest BCUT2D eigenvalue weighted by Gasteiger charge is -2.09. The van der Waals surface area contributed by atoms with Crippen molar-refractivity contribution in [3.63, 3.8) is 0 Å². The third-order valence-electron chi connectivity index (χ3n) is 3.55. The molecular weight excluding hydrogens is 353 g/mol. The highest BCUT2D eigenvalue weighted by Gasteiger charge is 2.22. The van der Waals surface area contributed by atoms with Crippen molar-refractivity contribution in [2.45, 2.75) is 11.4 Å². The Balaban J connectivity index is 1.81. The van der Waals surface area contributed by atoms with E-state index >= 15 is 0 Å². The van der Waals surface area contributed by atoms with Crippen molar-refractivity contribution in [3.8, 4) is 11.5 Å². The molecule has 0 radical (unpaired) electrons. The Bertz CT molecular complexity index is 928. The fourth-order valence-electron chi connectivity index (χ4n) is 2.26. The Morgan fingerprint density at radius 3 is 2.72 bits per heavy atom. The summed E-state index contributed by atoms with van der Waals surface area (Å²) >= 11 is 0. The molecule has 0 aromatic heterocycles. The van der Waals surface area contributed by atoms with Crippen LogP contribution in [0.5, 0.6) is 11.5 Å². The highest BCUT2D eigenvalue weighted by Crippen LogP contribution is 2.32. The molecule has 1 heterocycles. The van der Waals surface area contributed by atoms with Gasteiger partial charge < -0.3 is 14.2 Å². The van der Waals surface area contributed by atoms with Gasteiger partial charge in [-0.2, -0.15) is 0 Å². The van der Waals surface area contributed by atoms with Crippen LogP contribution >= 0.6 is 0 Å². The molecule has 1 aliphatic rings. The number of fused-ring (bicyclic) bond motifs is 1. The van der Waals surface area contributed by atoms with E-state index in [0.717, 1.165) is 25.3 Å². The number of rotatable bonds is 5. The molecule has 0 unspecified atom stereocenters. The maximum Gasteiger partial charge on any atom is 0.337 e. The summed E-state index contributed by atoms with van der Waals surface area (Å²) in [6.07, 6.45) is 0. The summed E-state index contributed by atoms with van der Waals surface area (Å²) < 4.78 is 55.9. The van der Waals surface area contributed by atoms with Crippen LogP contribution in [0, 0.1) is 5.82 Å². The van der Waals surface area contributed by atoms with E-state index in [4.69, 9.17) is 9.47 Å². The SMILES string of the molecule is COC(=O)c1ccc(F)c(S(=O)(=O)NCc2ccc3c(c2)OCO3)c1. The van der Waals surface area contributed by atoms with Gasteiger partial charge in [-0.25, -0.2) is 22.3 Å². The summed E-state index contributed by atoms with van der Waals surface area (Å²) in [5, 5.41) is 0. The Morgan fingerprint density at radius 2 is 1.96 bits per heavy atom. The van der Waals surface area contributed by atoms with E-state index in [-0.39, 0.29) is 18.9 Å². The van der Waals surface area contributed by atoms with Crippen molar-refractivity contribution < 1.29 is 31.8 Å². The van der Waals surface area contributed by atoms with Gasteiger partial charge in [-0.15, -0.1) is 0 Å². The van der Waals surface area contributed by atoms with Crippen LogP contribution in [0.25, 0.3) is 0 Å². The summed E-state index contributed by atoms with van der Waals surface area (Å²) in [4.78, 5) is 10.9. The monoisotopic (exact) mass is 367 g/mol. The number of methoxy groups -OCH3 is 1. The van der Waals surface area contributed by atoms with Gasteiger partial charge in [0.15, 0.2) is 11.5 Å². The van der Waals surface area contributed by atoms with Crippen LogP contribution in [0.3, 0.4) is 0 Å². The standard InChI is InChI=1S/C16H14FNO6S/c1-22-16(19)11-3-4-12(17)15(7-11)25(20,21)18-8-10-2-5-13-14(6-10)24-9-23-13/h2-7,18H,8-9H2,1H3. The van der Waals surface area contributed by atoms with Crippen LogP contribution in [-0.2, 0) is 21.3 Å². The number of nitrogens with one attached hydrogen (secondary N) is 1. The Labute approximate surface area is 143 Å². The van der Waals surface area contributed by atoms with Gasteiger partial charge in [0, 0.05) is 6.54 Å². The van der Waals surface area contributed by atoms with Gasteiger partial charge in [0.1, 0.15) is 10.7 Å². The molecule has 0 fully saturated rings. The molecule has 7 nitrogen and oxygen atoms in total. The Kier molecular flexibility index (Phi) is 4.60. The molecule has 1 aliphatic heterocycles. The average molecular weight is 367 g/mol. The molecule has 0 spiro atoms. The first-order valence-electron chi connectivity index (χ1n) is 7.17. The molecule has 25 heavy (non-hydrogen) atoms. The van der Waals surface area contributed by atoms with Crippen molar-refractivity contribution in [2.24, 2.45) is 0 Å². The topological polar surface area (TPSA) is 90.9 Å². The molecule has 0 amide bonds. The number of halogens is 1. The first-order valence-corrected chi connectivity index (χ1v) is 8.65. The molecule has 3 rings (SSSR count). The number of ether oxygens (including phenoxy) is 3. The highest BCUT2D eigenvalue weighted by atomic mass is 32.2. The van der Waals surface area contributed by atoms with E-state index in [1.165, 1.54) is 0 Å². The minimum absolute atomic E-state index is 0.0626. The highest BCUT2D eigenvalue weighted by molar-refractivity contribution is 7.89. The van der Waals surface area contributed by atoms with E-state index in [2.05, 4.69) is 9.46 Å². The van der Waals surface area contributed by atoms with Crippen molar-refractivity contribution in [3.05, 3.63) is 53.3 Å². The minimum Gasteiger partial charge on any atom is -0.465 e. The summed E-state index contributed by atoms with van der Waals surface area (Å²) in [5.74, 6) is -0.642. The van der Waals surface area contributed by atoms with Gasteiger partial charge in [-0.1, -0.05) is 6.07 Å². The molecule has 9 heteroatoms. The van der Waals surface area contributed by atoms with Crippen LogP contribution in [0.15, 0.2) is 41.3 Å². The molecule has 2 aromatic carbocycles. The number of esters is 1. The van der Waals surface area contributed by atoms with Gasteiger partial charge in [-0.3, -0.25) is 0 Å². The molecule has 0 atom stereocenters. The number of sulfonamides is 1. The fraction of sp³-hybridized carbons (Fsp3) is 0.188. The van der Waals surface area contributed by atoms with E-state index in [1.54, 1.807) is 18.2 Å². The summed E-state index contributed by atoms with van der Waals surface area (Å²) in [7, 11) is -3.02. The van der Waals surface area contributed by atoms with Crippen molar-refractivity contribution in [1.82, 2.24) is 4.72 Å². The van der Waals surface area contributed by atoms with Gasteiger partial charge in [0.05, 0.1) is 12.7 Å². The minimum atomic E-state index is -4.17. The van der Waals surface area contributed by atoms with E-state index in [9.17, 15) is 17.6 Å². The first-order chi connectivity index (χ1) is 11.9. The lowest BCUT2D eigenvalue weighted by atomic mass is 10.2. The van der Waals surface area contributed by atoms with Gasteiger partial charge in [-0.05, 0) is 35.9 Å². The Morgan fingerprint density at radius 1 is 1.20 bits per heavy atom. The molecular formula is C16H14FNO6S. The van der Waals surface area contributed by atoms with Gasteiger partial charge >= 0.3 is 5.97 Å². The molecule has 2 aromatic rings. The van der Waals surface area contributed by atoms with Crippen molar-refractivity contribution >= 4 is 16.0 Å². The van der Waals surface area contributed by atoms with E-state index < -0.39 is 26.7 Å². The lowest BCUT2D eigenvalue weighted by Crippen LogP contribution is -2.24. The number of carbonyl (C=O) groups excluding carboxylic acids is 1. The molecule has 0 bridgehead atoms. The Hall–Kier alpha value is -2.65. The predicted octanol–water partition coefficient (Wildman–Crippen LogP) is 1.82. The van der Waals surface area contributed by atoms with Crippen LogP contribution in [0.2, 0.25) is 0 Å². The summed E-state index contributed by atoms with van der Waals surface area (Å²) in [6.45, 7) is 0.0247. The van der Waals surface area contributed by atoms with Crippen molar-refractivity contribution in [1.29, 1.82) is 0 Å². The smallest absolute Gasteiger partial charge is 0.337 e. The van der Waals surface area contributed by atoms with Crippen LogP contribution in [-0.4, -0.2) is 28.3 Å². The number of hydrogen-bond acceptors (Lipinski definition) is 6. The largest absolute Gasteiger partial charge is 0.465 e. The van der Waals surface area contributed by atoms with Gasteiger partial charge in [0.25, 0.3) is 0 Å². The van der Waals surface area contributed by atoms with E-state index in [0.29, 0.717) is 17.1 Å². The molecule has 0 aliphatic carbocycles. The predicted molar refractivity (Wildman–Crippen MR) is 84.3 cm³/mol. The second-order valence-electron chi connectivity index (χ2n) is 5.15. The zero-order chi connectivity index (χ0) is 18.0. The third kappa shape index (κ3) is 3.57. The maximum atomic E-state index is 13.9. The van der Waals surface area contributed by atoms with Crippen LogP contribution < -0.4 is 14.2 Å². The van der Waals surface area contributed by atoms with Crippen LogP contribution in [0.1, 0.15) is 15.9 Å². The zero-order valence-corrected chi connectivity index (χ0v) is 13.9. The number of carbonyl (C=O) groups is 1. The fourth-order valence-corrected chi connectivity index (χ4v) is 3.38. The molecule has 132 valence electrons. The normalized spacial score (nSPS) is 12.9. The number of hydrogen-bond donors (Lipinski definition) is 1. The van der Waals surface area contributed by atoms with Crippen LogP contribution in [0.4, 0.5) is 4.39 Å². The summed E-state index contributed by atoms with van der Waals surface area (Å²) in [5.41, 5.74) is 0.546. The maximum absolute atomic E-state index is 13.9. The van der Waals surface area contributed by atoms with E-state index in [1.807, 2.05) is 0 Å². The quantitative estimate of drug-likeness (QED) is 0.811. The lowest BCUT2D eigenvalue weighted by molar-refractivity contribution is 0.0600. The summed E-state index contributed by atoms with van der Waals surface area (Å²) in [6, 6.07) is 7.94. The van der Waals surface area contributed by atoms with Gasteiger partial charge in [0.2, 0.25) is 16.8 Å². The molecule has 0 saturated heterocycles. The average Bonchev–Trinajstić information content (AvgIpc) is 3.07. The number of benzene rings is 2.